The lowest BCUT2D eigenvalue weighted by atomic mass is 10.2. The van der Waals surface area contributed by atoms with E-state index in [9.17, 15) is 0 Å². The van der Waals surface area contributed by atoms with Crippen LogP contribution in [0, 0.1) is 0 Å². The van der Waals surface area contributed by atoms with Gasteiger partial charge in [0.25, 0.3) is 0 Å². The lowest BCUT2D eigenvalue weighted by molar-refractivity contribution is 0.665. The summed E-state index contributed by atoms with van der Waals surface area (Å²) in [4.78, 5) is 11.6. The van der Waals surface area contributed by atoms with Crippen LogP contribution in [-0.2, 0) is 13.1 Å². The van der Waals surface area contributed by atoms with Crippen molar-refractivity contribution in [2.45, 2.75) is 32.9 Å². The topological polar surface area (TPSA) is 57.5 Å². The number of hydrogen-bond acceptors (Lipinski definition) is 3. The first-order chi connectivity index (χ1) is 12.3. The van der Waals surface area contributed by atoms with Crippen molar-refractivity contribution in [1.82, 2.24) is 20.2 Å². The van der Waals surface area contributed by atoms with Crippen LogP contribution in [0.3, 0.4) is 0 Å². The summed E-state index contributed by atoms with van der Waals surface area (Å²) < 4.78 is 2.15. The number of hydrogen-bond donors (Lipinski definition) is 2. The lowest BCUT2D eigenvalue weighted by Crippen LogP contribution is -2.38. The molecule has 3 rings (SSSR count). The molecule has 0 saturated carbocycles. The summed E-state index contributed by atoms with van der Waals surface area (Å²) in [6.07, 6.45) is 8.57. The van der Waals surface area contributed by atoms with Gasteiger partial charge in [-0.2, -0.15) is 0 Å². The number of anilines is 1. The van der Waals surface area contributed by atoms with Crippen molar-refractivity contribution < 1.29 is 0 Å². The van der Waals surface area contributed by atoms with Gasteiger partial charge in [-0.15, -0.1) is 0 Å². The molecular weight excluding hydrogens is 312 g/mol. The third kappa shape index (κ3) is 5.24. The molecule has 25 heavy (non-hydrogen) atoms. The van der Waals surface area contributed by atoms with Crippen molar-refractivity contribution in [2.75, 3.05) is 31.1 Å². The van der Waals surface area contributed by atoms with Crippen molar-refractivity contribution in [3.8, 4) is 0 Å². The molecule has 1 fully saturated rings. The second-order valence-corrected chi connectivity index (χ2v) is 6.26. The predicted molar refractivity (Wildman–Crippen MR) is 103 cm³/mol. The Bertz CT molecular complexity index is 658. The van der Waals surface area contributed by atoms with Crippen molar-refractivity contribution in [3.63, 3.8) is 0 Å². The molecule has 6 nitrogen and oxygen atoms in total. The SMILES string of the molecule is CCNC(=NCc1ccnc(N2CCCC2)c1)NCCn1cccc1. The molecule has 2 aromatic heterocycles. The van der Waals surface area contributed by atoms with Crippen LogP contribution in [0.4, 0.5) is 5.82 Å². The average Bonchev–Trinajstić information content (AvgIpc) is 3.34. The van der Waals surface area contributed by atoms with Crippen LogP contribution < -0.4 is 15.5 Å². The van der Waals surface area contributed by atoms with Gasteiger partial charge < -0.3 is 20.1 Å². The van der Waals surface area contributed by atoms with Crippen LogP contribution in [0.1, 0.15) is 25.3 Å². The van der Waals surface area contributed by atoms with Gasteiger partial charge in [-0.1, -0.05) is 0 Å². The molecule has 0 atom stereocenters. The Hall–Kier alpha value is -2.50. The summed E-state index contributed by atoms with van der Waals surface area (Å²) in [5.41, 5.74) is 1.19. The number of aromatic nitrogens is 2. The molecular formula is C19H28N6. The second-order valence-electron chi connectivity index (χ2n) is 6.26. The molecule has 0 radical (unpaired) electrons. The van der Waals surface area contributed by atoms with Crippen molar-refractivity contribution in [1.29, 1.82) is 0 Å². The molecule has 2 N–H and O–H groups in total. The summed E-state index contributed by atoms with van der Waals surface area (Å²) in [5, 5.41) is 6.70. The van der Waals surface area contributed by atoms with Crippen LogP contribution >= 0.6 is 0 Å². The van der Waals surface area contributed by atoms with Crippen LogP contribution in [0.5, 0.6) is 0 Å². The minimum atomic E-state index is 0.655. The van der Waals surface area contributed by atoms with E-state index in [1.54, 1.807) is 0 Å². The van der Waals surface area contributed by atoms with E-state index in [0.717, 1.165) is 44.5 Å². The lowest BCUT2D eigenvalue weighted by Gasteiger charge is -2.16. The summed E-state index contributed by atoms with van der Waals surface area (Å²) in [6, 6.07) is 8.30. The Kier molecular flexibility index (Phi) is 6.31. The van der Waals surface area contributed by atoms with Gasteiger partial charge in [0.1, 0.15) is 5.82 Å². The van der Waals surface area contributed by atoms with Crippen LogP contribution in [0.25, 0.3) is 0 Å². The van der Waals surface area contributed by atoms with Gasteiger partial charge in [-0.05, 0) is 49.6 Å². The number of nitrogens with one attached hydrogen (secondary N) is 2. The monoisotopic (exact) mass is 340 g/mol. The number of pyridine rings is 1. The first-order valence-electron chi connectivity index (χ1n) is 9.18. The van der Waals surface area contributed by atoms with Gasteiger partial charge in [-0.3, -0.25) is 0 Å². The molecule has 0 amide bonds. The highest BCUT2D eigenvalue weighted by molar-refractivity contribution is 5.79. The molecule has 3 heterocycles. The molecule has 1 aliphatic rings. The van der Waals surface area contributed by atoms with Crippen LogP contribution in [-0.4, -0.2) is 41.7 Å². The second kappa shape index (κ2) is 9.11. The smallest absolute Gasteiger partial charge is 0.191 e. The van der Waals surface area contributed by atoms with E-state index in [0.29, 0.717) is 6.54 Å². The maximum Gasteiger partial charge on any atom is 0.191 e. The van der Waals surface area contributed by atoms with E-state index in [4.69, 9.17) is 4.99 Å². The van der Waals surface area contributed by atoms with E-state index in [1.165, 1.54) is 18.4 Å². The zero-order valence-corrected chi connectivity index (χ0v) is 15.0. The zero-order valence-electron chi connectivity index (χ0n) is 15.0. The zero-order chi connectivity index (χ0) is 17.3. The first-order valence-corrected chi connectivity index (χ1v) is 9.18. The van der Waals surface area contributed by atoms with Crippen LogP contribution in [0.15, 0.2) is 47.8 Å². The Morgan fingerprint density at radius 1 is 1.20 bits per heavy atom. The third-order valence-electron chi connectivity index (χ3n) is 4.33. The Balaban J connectivity index is 1.55. The quantitative estimate of drug-likeness (QED) is 0.599. The minimum Gasteiger partial charge on any atom is -0.357 e. The summed E-state index contributed by atoms with van der Waals surface area (Å²) in [7, 11) is 0. The number of aliphatic imine (C=N–C) groups is 1. The largest absolute Gasteiger partial charge is 0.357 e. The Morgan fingerprint density at radius 3 is 2.76 bits per heavy atom. The average molecular weight is 340 g/mol. The first kappa shape index (κ1) is 17.3. The molecule has 1 aliphatic heterocycles. The van der Waals surface area contributed by atoms with Crippen LogP contribution in [0.2, 0.25) is 0 Å². The molecule has 1 saturated heterocycles. The van der Waals surface area contributed by atoms with Crippen molar-refractivity contribution in [2.24, 2.45) is 4.99 Å². The van der Waals surface area contributed by atoms with Gasteiger partial charge >= 0.3 is 0 Å². The summed E-state index contributed by atoms with van der Waals surface area (Å²) >= 11 is 0. The number of guanidine groups is 1. The molecule has 134 valence electrons. The van der Waals surface area contributed by atoms with Gasteiger partial charge in [0, 0.05) is 51.3 Å². The van der Waals surface area contributed by atoms with Crippen molar-refractivity contribution >= 4 is 11.8 Å². The highest BCUT2D eigenvalue weighted by Gasteiger charge is 2.13. The van der Waals surface area contributed by atoms with Gasteiger partial charge in [0.05, 0.1) is 6.54 Å². The molecule has 0 bridgehead atoms. The maximum absolute atomic E-state index is 4.71. The van der Waals surface area contributed by atoms with E-state index in [2.05, 4.69) is 50.5 Å². The minimum absolute atomic E-state index is 0.655. The normalized spacial score (nSPS) is 14.8. The summed E-state index contributed by atoms with van der Waals surface area (Å²) in [6.45, 7) is 7.59. The fourth-order valence-corrected chi connectivity index (χ4v) is 3.01. The van der Waals surface area contributed by atoms with E-state index in [-0.39, 0.29) is 0 Å². The van der Waals surface area contributed by atoms with E-state index < -0.39 is 0 Å². The number of nitrogens with zero attached hydrogens (tertiary/aromatic N) is 4. The third-order valence-corrected chi connectivity index (χ3v) is 4.33. The summed E-state index contributed by atoms with van der Waals surface area (Å²) in [5.74, 6) is 1.94. The molecule has 2 aromatic rings. The predicted octanol–water partition coefficient (Wildman–Crippen LogP) is 2.24. The molecule has 6 heteroatoms. The molecule has 0 unspecified atom stereocenters. The number of rotatable bonds is 7. The van der Waals surface area contributed by atoms with Gasteiger partial charge in [0.15, 0.2) is 5.96 Å². The highest BCUT2D eigenvalue weighted by Crippen LogP contribution is 2.18. The van der Waals surface area contributed by atoms with Gasteiger partial charge in [0.2, 0.25) is 0 Å². The maximum atomic E-state index is 4.71. The van der Waals surface area contributed by atoms with E-state index >= 15 is 0 Å². The standard InChI is InChI=1S/C19H28N6/c1-2-20-19(22-9-14-24-10-3-4-11-24)23-16-17-7-8-21-18(15-17)25-12-5-6-13-25/h3-4,7-8,10-11,15H,2,5-6,9,12-14,16H2,1H3,(H2,20,22,23). The Labute approximate surface area is 150 Å². The van der Waals surface area contributed by atoms with Gasteiger partial charge in [-0.25, -0.2) is 9.98 Å². The van der Waals surface area contributed by atoms with E-state index in [1.807, 2.05) is 24.4 Å². The van der Waals surface area contributed by atoms with Crippen molar-refractivity contribution in [3.05, 3.63) is 48.4 Å². The molecule has 0 aliphatic carbocycles. The Morgan fingerprint density at radius 2 is 2.00 bits per heavy atom. The highest BCUT2D eigenvalue weighted by atomic mass is 15.2. The molecule has 0 spiro atoms. The molecule has 0 aromatic carbocycles. The fourth-order valence-electron chi connectivity index (χ4n) is 3.01. The fraction of sp³-hybridized carbons (Fsp3) is 0.474.